The molecule has 0 radical (unpaired) electrons. The van der Waals surface area contributed by atoms with Gasteiger partial charge in [0.25, 0.3) is 0 Å². The summed E-state index contributed by atoms with van der Waals surface area (Å²) in [6.45, 7) is 0. The van der Waals surface area contributed by atoms with Gasteiger partial charge in [-0.1, -0.05) is 127 Å². The number of furan rings is 1. The second-order valence-electron chi connectivity index (χ2n) is 14.3. The fraction of sp³-hybridized carbons (Fsp3) is 0. The van der Waals surface area contributed by atoms with E-state index in [1.54, 1.807) is 0 Å². The van der Waals surface area contributed by atoms with E-state index in [1.807, 2.05) is 53.2 Å². The molecule has 0 amide bonds. The molecule has 0 unspecified atom stereocenters. The number of fused-ring (bicyclic) bond motifs is 9. The fourth-order valence-electron chi connectivity index (χ4n) is 8.62. The Hall–Kier alpha value is -7.70. The van der Waals surface area contributed by atoms with Crippen LogP contribution in [0.5, 0.6) is 0 Å². The van der Waals surface area contributed by atoms with Gasteiger partial charge in [-0.25, -0.2) is 9.67 Å². The van der Waals surface area contributed by atoms with Gasteiger partial charge >= 0.3 is 0 Å². The minimum absolute atomic E-state index is 0.688. The maximum absolute atomic E-state index is 6.38. The summed E-state index contributed by atoms with van der Waals surface area (Å²) < 4.78 is 13.2. The van der Waals surface area contributed by atoms with Crippen LogP contribution in [-0.2, 0) is 0 Å². The molecule has 4 aromatic heterocycles. The molecule has 56 heavy (non-hydrogen) atoms. The molecule has 8 aromatic carbocycles. The van der Waals surface area contributed by atoms with E-state index in [4.69, 9.17) is 14.5 Å². The van der Waals surface area contributed by atoms with Crippen molar-refractivity contribution in [1.29, 1.82) is 0 Å². The van der Waals surface area contributed by atoms with Gasteiger partial charge in [0, 0.05) is 43.4 Å². The molecule has 6 nitrogen and oxygen atoms in total. The van der Waals surface area contributed by atoms with E-state index < -0.39 is 0 Å². The molecule has 0 aliphatic carbocycles. The van der Waals surface area contributed by atoms with Crippen LogP contribution in [-0.4, -0.2) is 23.9 Å². The third-order valence-electron chi connectivity index (χ3n) is 11.1. The largest absolute Gasteiger partial charge is 0.456 e. The lowest BCUT2D eigenvalue weighted by Crippen LogP contribution is -2.03. The van der Waals surface area contributed by atoms with Crippen molar-refractivity contribution in [3.63, 3.8) is 0 Å². The average Bonchev–Trinajstić information content (AvgIpc) is 4.03. The number of hydrogen-bond donors (Lipinski definition) is 0. The Morgan fingerprint density at radius 3 is 1.64 bits per heavy atom. The summed E-state index contributed by atoms with van der Waals surface area (Å²) in [5, 5.41) is 12.0. The molecule has 6 heteroatoms. The maximum atomic E-state index is 6.38. The Morgan fingerprint density at radius 1 is 0.375 bits per heavy atom. The van der Waals surface area contributed by atoms with Crippen molar-refractivity contribution in [1.82, 2.24) is 23.9 Å². The third kappa shape index (κ3) is 4.50. The van der Waals surface area contributed by atoms with E-state index >= 15 is 0 Å². The minimum Gasteiger partial charge on any atom is -0.456 e. The number of nitrogens with zero attached hydrogens (tertiary/aromatic N) is 5. The third-order valence-corrected chi connectivity index (χ3v) is 11.1. The number of rotatable bonds is 5. The summed E-state index contributed by atoms with van der Waals surface area (Å²) in [6.07, 6.45) is 0. The van der Waals surface area contributed by atoms with Gasteiger partial charge in [0.15, 0.2) is 11.6 Å². The first-order valence-corrected chi connectivity index (χ1v) is 18.8. The molecule has 0 atom stereocenters. The Morgan fingerprint density at radius 2 is 0.929 bits per heavy atom. The fourth-order valence-corrected chi connectivity index (χ4v) is 8.62. The van der Waals surface area contributed by atoms with Gasteiger partial charge in [0.1, 0.15) is 11.2 Å². The van der Waals surface area contributed by atoms with Crippen LogP contribution >= 0.6 is 0 Å². The molecule has 12 rings (SSSR count). The van der Waals surface area contributed by atoms with Crippen LogP contribution in [0.2, 0.25) is 0 Å². The van der Waals surface area contributed by atoms with Gasteiger partial charge in [0.05, 0.1) is 39.1 Å². The van der Waals surface area contributed by atoms with Crippen molar-refractivity contribution in [2.24, 2.45) is 0 Å². The number of para-hydroxylation sites is 5. The standard InChI is InChI=1S/C50H31N5O/c1-3-15-32(16-4-1)49-51-50(33-17-5-2-6-18-33)55(52-49)34-27-28-43-38(29-34)35-19-7-10-22-41(35)53(43)44-24-12-13-25-45(44)54-42-23-11-8-20-36(42)39-31-48-40(30-46(39)54)37-21-9-14-26-47(37)56-48/h1-31H. The Labute approximate surface area is 320 Å². The van der Waals surface area contributed by atoms with Crippen LogP contribution in [0.15, 0.2) is 192 Å². The molecule has 0 saturated carbocycles. The molecule has 0 aliphatic rings. The summed E-state index contributed by atoms with van der Waals surface area (Å²) in [6, 6.07) is 66.0. The van der Waals surface area contributed by atoms with Gasteiger partial charge in [-0.15, -0.1) is 5.10 Å². The lowest BCUT2D eigenvalue weighted by molar-refractivity contribution is 0.669. The Kier molecular flexibility index (Phi) is 6.53. The van der Waals surface area contributed by atoms with Crippen molar-refractivity contribution in [2.45, 2.75) is 0 Å². The molecule has 12 aromatic rings. The van der Waals surface area contributed by atoms with Crippen LogP contribution in [0.25, 0.3) is 105 Å². The molecule has 0 bridgehead atoms. The average molecular weight is 718 g/mol. The lowest BCUT2D eigenvalue weighted by Gasteiger charge is -2.16. The zero-order chi connectivity index (χ0) is 36.7. The first-order chi connectivity index (χ1) is 27.8. The summed E-state index contributed by atoms with van der Waals surface area (Å²) in [7, 11) is 0. The molecule has 0 saturated heterocycles. The van der Waals surface area contributed by atoms with Crippen molar-refractivity contribution >= 4 is 65.6 Å². The zero-order valence-electron chi connectivity index (χ0n) is 30.0. The van der Waals surface area contributed by atoms with Crippen LogP contribution in [0.4, 0.5) is 0 Å². The monoisotopic (exact) mass is 717 g/mol. The van der Waals surface area contributed by atoms with E-state index in [-0.39, 0.29) is 0 Å². The summed E-state index contributed by atoms with van der Waals surface area (Å²) >= 11 is 0. The predicted octanol–water partition coefficient (Wildman–Crippen LogP) is 12.7. The van der Waals surface area contributed by atoms with E-state index in [9.17, 15) is 0 Å². The molecule has 0 fully saturated rings. The van der Waals surface area contributed by atoms with Gasteiger partial charge in [0.2, 0.25) is 0 Å². The Bertz CT molecular complexity index is 3480. The highest BCUT2D eigenvalue weighted by Gasteiger charge is 2.22. The number of hydrogen-bond acceptors (Lipinski definition) is 3. The van der Waals surface area contributed by atoms with E-state index in [0.29, 0.717) is 5.82 Å². The number of aromatic nitrogens is 5. The first-order valence-electron chi connectivity index (χ1n) is 18.8. The summed E-state index contributed by atoms with van der Waals surface area (Å²) in [4.78, 5) is 5.08. The van der Waals surface area contributed by atoms with E-state index in [2.05, 4.69) is 149 Å². The molecule has 0 aliphatic heterocycles. The minimum atomic E-state index is 0.688. The molecular formula is C50H31N5O. The SMILES string of the molecule is c1ccc(-c2nc(-c3ccccc3)n(-c3ccc4c(c3)c3ccccc3n4-c3ccccc3-n3c4ccccc4c4cc5oc6ccccc6c5cc43)n2)cc1. The predicted molar refractivity (Wildman–Crippen MR) is 228 cm³/mol. The quantitative estimate of drug-likeness (QED) is 0.178. The van der Waals surface area contributed by atoms with Gasteiger partial charge in [-0.05, 0) is 60.7 Å². The highest BCUT2D eigenvalue weighted by molar-refractivity contribution is 6.17. The van der Waals surface area contributed by atoms with Crippen LogP contribution < -0.4 is 0 Å². The summed E-state index contributed by atoms with van der Waals surface area (Å²) in [5.74, 6) is 1.48. The smallest absolute Gasteiger partial charge is 0.182 e. The normalized spacial score (nSPS) is 11.9. The van der Waals surface area contributed by atoms with Crippen LogP contribution in [0.3, 0.4) is 0 Å². The highest BCUT2D eigenvalue weighted by Crippen LogP contribution is 2.41. The molecule has 0 spiro atoms. The Balaban J connectivity index is 1.10. The van der Waals surface area contributed by atoms with Gasteiger partial charge in [-0.2, -0.15) is 0 Å². The lowest BCUT2D eigenvalue weighted by atomic mass is 10.1. The first kappa shape index (κ1) is 30.7. The topological polar surface area (TPSA) is 53.7 Å². The molecule has 4 heterocycles. The second kappa shape index (κ2) is 11.9. The molecule has 0 N–H and O–H groups in total. The van der Waals surface area contributed by atoms with Crippen molar-refractivity contribution < 1.29 is 4.42 Å². The van der Waals surface area contributed by atoms with Crippen LogP contribution in [0.1, 0.15) is 0 Å². The number of benzene rings is 8. The van der Waals surface area contributed by atoms with Crippen molar-refractivity contribution in [2.75, 3.05) is 0 Å². The molecular weight excluding hydrogens is 687 g/mol. The van der Waals surface area contributed by atoms with Gasteiger partial charge in [-0.3, -0.25) is 0 Å². The zero-order valence-corrected chi connectivity index (χ0v) is 30.0. The van der Waals surface area contributed by atoms with Gasteiger partial charge < -0.3 is 13.6 Å². The maximum Gasteiger partial charge on any atom is 0.182 e. The molecule has 262 valence electrons. The van der Waals surface area contributed by atoms with E-state index in [0.717, 1.165) is 94.2 Å². The second-order valence-corrected chi connectivity index (χ2v) is 14.3. The summed E-state index contributed by atoms with van der Waals surface area (Å²) in [5.41, 5.74) is 11.4. The van der Waals surface area contributed by atoms with Crippen LogP contribution in [0, 0.1) is 0 Å². The van der Waals surface area contributed by atoms with Crippen molar-refractivity contribution in [3.8, 4) is 39.8 Å². The van der Waals surface area contributed by atoms with E-state index in [1.165, 1.54) is 5.39 Å². The van der Waals surface area contributed by atoms with Crippen molar-refractivity contribution in [3.05, 3.63) is 188 Å². The highest BCUT2D eigenvalue weighted by atomic mass is 16.3.